The van der Waals surface area contributed by atoms with Crippen molar-refractivity contribution in [1.82, 2.24) is 15.0 Å². The third-order valence-corrected chi connectivity index (χ3v) is 5.94. The standard InChI is InChI=1S/C29H34N4O4/c1-7-35-26-15-21(16-27(36-8-2)28(26)37-9-3)29(34)30-23-17-25-24(14-19(23)6)31-33(32-25)22-12-10-20(11-13-22)18(4)5/h10-18H,7-9H2,1-6H3,(H,30,34). The van der Waals surface area contributed by atoms with E-state index in [0.717, 1.165) is 16.8 Å². The third kappa shape index (κ3) is 5.69. The van der Waals surface area contributed by atoms with Crippen LogP contribution in [0.25, 0.3) is 16.7 Å². The molecule has 0 aliphatic heterocycles. The molecule has 0 aliphatic rings. The highest BCUT2D eigenvalue weighted by atomic mass is 16.5. The Morgan fingerprint density at radius 1 is 0.865 bits per heavy atom. The zero-order valence-corrected chi connectivity index (χ0v) is 22.3. The number of ether oxygens (including phenoxy) is 3. The molecule has 3 aromatic carbocycles. The summed E-state index contributed by atoms with van der Waals surface area (Å²) in [6, 6.07) is 15.3. The van der Waals surface area contributed by atoms with Crippen LogP contribution >= 0.6 is 0 Å². The highest BCUT2D eigenvalue weighted by Gasteiger charge is 2.19. The number of nitrogens with zero attached hydrogens (tertiary/aromatic N) is 3. The minimum Gasteiger partial charge on any atom is -0.490 e. The molecule has 4 rings (SSSR count). The van der Waals surface area contributed by atoms with Crippen LogP contribution in [0.5, 0.6) is 17.2 Å². The van der Waals surface area contributed by atoms with E-state index in [1.165, 1.54) is 5.56 Å². The van der Waals surface area contributed by atoms with Gasteiger partial charge in [0.25, 0.3) is 5.91 Å². The second kappa shape index (κ2) is 11.3. The van der Waals surface area contributed by atoms with Crippen LogP contribution in [0.15, 0.2) is 48.5 Å². The third-order valence-electron chi connectivity index (χ3n) is 5.94. The molecule has 1 aromatic heterocycles. The summed E-state index contributed by atoms with van der Waals surface area (Å²) in [5.41, 5.74) is 5.52. The van der Waals surface area contributed by atoms with E-state index in [9.17, 15) is 4.79 Å². The molecule has 1 amide bonds. The van der Waals surface area contributed by atoms with Gasteiger partial charge < -0.3 is 19.5 Å². The largest absolute Gasteiger partial charge is 0.490 e. The van der Waals surface area contributed by atoms with Crippen molar-refractivity contribution >= 4 is 22.6 Å². The van der Waals surface area contributed by atoms with E-state index >= 15 is 0 Å². The average Bonchev–Trinajstić information content (AvgIpc) is 3.29. The van der Waals surface area contributed by atoms with E-state index in [2.05, 4.69) is 41.5 Å². The van der Waals surface area contributed by atoms with Crippen LogP contribution in [0.2, 0.25) is 0 Å². The fourth-order valence-corrected chi connectivity index (χ4v) is 4.02. The number of hydrogen-bond donors (Lipinski definition) is 1. The Morgan fingerprint density at radius 3 is 1.97 bits per heavy atom. The zero-order chi connectivity index (χ0) is 26.5. The van der Waals surface area contributed by atoms with Gasteiger partial charge in [0, 0.05) is 11.3 Å². The van der Waals surface area contributed by atoms with Crippen LogP contribution < -0.4 is 19.5 Å². The number of nitrogens with one attached hydrogen (secondary N) is 1. The topological polar surface area (TPSA) is 87.5 Å². The van der Waals surface area contributed by atoms with Crippen LogP contribution in [0, 0.1) is 6.92 Å². The van der Waals surface area contributed by atoms with Crippen molar-refractivity contribution < 1.29 is 19.0 Å². The maximum atomic E-state index is 13.3. The van der Waals surface area contributed by atoms with E-state index in [4.69, 9.17) is 14.2 Å². The Morgan fingerprint density at radius 2 is 1.43 bits per heavy atom. The molecule has 0 spiro atoms. The summed E-state index contributed by atoms with van der Waals surface area (Å²) in [6.45, 7) is 13.2. The molecular weight excluding hydrogens is 468 g/mol. The van der Waals surface area contributed by atoms with Gasteiger partial charge in [-0.3, -0.25) is 4.79 Å². The van der Waals surface area contributed by atoms with Gasteiger partial charge in [-0.25, -0.2) is 0 Å². The van der Waals surface area contributed by atoms with Crippen molar-refractivity contribution in [3.05, 3.63) is 65.2 Å². The molecular formula is C29H34N4O4. The lowest BCUT2D eigenvalue weighted by Crippen LogP contribution is -2.14. The molecule has 0 radical (unpaired) electrons. The van der Waals surface area contributed by atoms with Gasteiger partial charge in [-0.05, 0) is 81.1 Å². The number of aryl methyl sites for hydroxylation is 1. The average molecular weight is 503 g/mol. The molecule has 0 bridgehead atoms. The number of carbonyl (C=O) groups excluding carboxylic acids is 1. The normalized spacial score (nSPS) is 11.1. The summed E-state index contributed by atoms with van der Waals surface area (Å²) in [4.78, 5) is 14.9. The summed E-state index contributed by atoms with van der Waals surface area (Å²) in [6.07, 6.45) is 0. The van der Waals surface area contributed by atoms with Gasteiger partial charge >= 0.3 is 0 Å². The van der Waals surface area contributed by atoms with E-state index in [-0.39, 0.29) is 5.91 Å². The van der Waals surface area contributed by atoms with Crippen molar-refractivity contribution in [2.45, 2.75) is 47.5 Å². The lowest BCUT2D eigenvalue weighted by Gasteiger charge is -2.17. The summed E-state index contributed by atoms with van der Waals surface area (Å²) in [7, 11) is 0. The predicted molar refractivity (Wildman–Crippen MR) is 146 cm³/mol. The van der Waals surface area contributed by atoms with Crippen LogP contribution in [0.4, 0.5) is 5.69 Å². The smallest absolute Gasteiger partial charge is 0.255 e. The Kier molecular flexibility index (Phi) is 7.96. The first-order valence-electron chi connectivity index (χ1n) is 12.7. The highest BCUT2D eigenvalue weighted by Crippen LogP contribution is 2.39. The quantitative estimate of drug-likeness (QED) is 0.274. The number of hydrogen-bond acceptors (Lipinski definition) is 6. The monoisotopic (exact) mass is 502 g/mol. The molecule has 1 N–H and O–H groups in total. The zero-order valence-electron chi connectivity index (χ0n) is 22.3. The van der Waals surface area contributed by atoms with Crippen molar-refractivity contribution in [3.63, 3.8) is 0 Å². The molecule has 0 aliphatic carbocycles. The fraction of sp³-hybridized carbons (Fsp3) is 0.345. The first-order chi connectivity index (χ1) is 17.8. The second-order valence-corrected chi connectivity index (χ2v) is 8.95. The Balaban J connectivity index is 1.64. The lowest BCUT2D eigenvalue weighted by molar-refractivity contribution is 0.102. The predicted octanol–water partition coefficient (Wildman–Crippen LogP) is 6.30. The highest BCUT2D eigenvalue weighted by molar-refractivity contribution is 6.06. The van der Waals surface area contributed by atoms with Crippen LogP contribution in [-0.2, 0) is 0 Å². The van der Waals surface area contributed by atoms with E-state index < -0.39 is 0 Å². The molecule has 194 valence electrons. The molecule has 1 heterocycles. The molecule has 37 heavy (non-hydrogen) atoms. The number of rotatable bonds is 10. The Labute approximate surface area is 217 Å². The van der Waals surface area contributed by atoms with Crippen molar-refractivity contribution in [3.8, 4) is 22.9 Å². The molecule has 8 nitrogen and oxygen atoms in total. The van der Waals surface area contributed by atoms with E-state index in [1.54, 1.807) is 16.9 Å². The van der Waals surface area contributed by atoms with Gasteiger partial charge in [0.15, 0.2) is 11.5 Å². The second-order valence-electron chi connectivity index (χ2n) is 8.95. The van der Waals surface area contributed by atoms with Gasteiger partial charge in [0.2, 0.25) is 5.75 Å². The van der Waals surface area contributed by atoms with E-state index in [0.29, 0.717) is 59.8 Å². The number of amides is 1. The maximum absolute atomic E-state index is 13.3. The minimum absolute atomic E-state index is 0.288. The first-order valence-corrected chi connectivity index (χ1v) is 12.7. The SMILES string of the molecule is CCOc1cc(C(=O)Nc2cc3nn(-c4ccc(C(C)C)cc4)nc3cc2C)cc(OCC)c1OCC. The molecule has 0 fully saturated rings. The first kappa shape index (κ1) is 26.0. The number of aromatic nitrogens is 3. The molecule has 8 heteroatoms. The molecule has 0 saturated heterocycles. The Bertz CT molecular complexity index is 1370. The molecule has 0 atom stereocenters. The number of fused-ring (bicyclic) bond motifs is 1. The van der Waals surface area contributed by atoms with Crippen LogP contribution in [0.3, 0.4) is 0 Å². The number of benzene rings is 3. The van der Waals surface area contributed by atoms with Gasteiger partial charge in [-0.1, -0.05) is 26.0 Å². The van der Waals surface area contributed by atoms with Gasteiger partial charge in [-0.2, -0.15) is 4.80 Å². The van der Waals surface area contributed by atoms with Crippen LogP contribution in [0.1, 0.15) is 62.0 Å². The van der Waals surface area contributed by atoms with E-state index in [1.807, 2.05) is 52.0 Å². The fourth-order valence-electron chi connectivity index (χ4n) is 4.02. The van der Waals surface area contributed by atoms with Gasteiger partial charge in [0.1, 0.15) is 11.0 Å². The minimum atomic E-state index is -0.288. The maximum Gasteiger partial charge on any atom is 0.255 e. The summed E-state index contributed by atoms with van der Waals surface area (Å²) < 4.78 is 17.3. The number of anilines is 1. The van der Waals surface area contributed by atoms with Gasteiger partial charge in [-0.15, -0.1) is 10.2 Å². The lowest BCUT2D eigenvalue weighted by atomic mass is 10.0. The Hall–Kier alpha value is -4.07. The summed E-state index contributed by atoms with van der Waals surface area (Å²) in [5, 5.41) is 12.3. The van der Waals surface area contributed by atoms with Crippen molar-refractivity contribution in [2.24, 2.45) is 0 Å². The van der Waals surface area contributed by atoms with Crippen molar-refractivity contribution in [1.29, 1.82) is 0 Å². The summed E-state index contributed by atoms with van der Waals surface area (Å²) >= 11 is 0. The molecule has 4 aromatic rings. The summed E-state index contributed by atoms with van der Waals surface area (Å²) in [5.74, 6) is 1.61. The van der Waals surface area contributed by atoms with Crippen LogP contribution in [-0.4, -0.2) is 40.7 Å². The van der Waals surface area contributed by atoms with Gasteiger partial charge in [0.05, 0.1) is 25.5 Å². The molecule has 0 unspecified atom stereocenters. The number of carbonyl (C=O) groups is 1. The molecule has 0 saturated carbocycles. The van der Waals surface area contributed by atoms with Crippen molar-refractivity contribution in [2.75, 3.05) is 25.1 Å².